The highest BCUT2D eigenvalue weighted by Crippen LogP contribution is 2.22. The topological polar surface area (TPSA) is 32.3 Å². The second-order valence-electron chi connectivity index (χ2n) is 5.26. The summed E-state index contributed by atoms with van der Waals surface area (Å²) >= 11 is 6.85. The number of nitrogens with one attached hydrogen (secondary N) is 1. The van der Waals surface area contributed by atoms with Crippen LogP contribution in [0.1, 0.15) is 30.9 Å². The highest BCUT2D eigenvalue weighted by molar-refractivity contribution is 8.23. The Morgan fingerprint density at radius 1 is 1.38 bits per heavy atom. The number of hydrogen-bond donors (Lipinski definition) is 1. The molecule has 0 unspecified atom stereocenters. The number of likely N-dealkylation sites (tertiary alicyclic amines) is 1. The lowest BCUT2D eigenvalue weighted by Gasteiger charge is -2.18. The number of carbonyl (C=O) groups excluding carboxylic acids is 1. The largest absolute Gasteiger partial charge is 0.358 e. The zero-order chi connectivity index (χ0) is 15.2. The molecule has 1 aliphatic rings. The van der Waals surface area contributed by atoms with Gasteiger partial charge in [-0.2, -0.15) is 0 Å². The van der Waals surface area contributed by atoms with Crippen LogP contribution in [0.3, 0.4) is 0 Å². The van der Waals surface area contributed by atoms with Gasteiger partial charge in [0.1, 0.15) is 4.32 Å². The number of carbonyl (C=O) groups is 1. The third-order valence-electron chi connectivity index (χ3n) is 3.70. The Morgan fingerprint density at radius 3 is 2.76 bits per heavy atom. The summed E-state index contributed by atoms with van der Waals surface area (Å²) in [6.45, 7) is 6.19. The van der Waals surface area contributed by atoms with Gasteiger partial charge in [-0.05, 0) is 37.3 Å². The van der Waals surface area contributed by atoms with E-state index in [2.05, 4.69) is 23.2 Å². The first kappa shape index (κ1) is 16.3. The number of rotatable bonds is 4. The van der Waals surface area contributed by atoms with Crippen LogP contribution < -0.4 is 5.32 Å². The van der Waals surface area contributed by atoms with Crippen molar-refractivity contribution in [1.29, 1.82) is 0 Å². The Bertz CT molecular complexity index is 525. The number of nitrogens with zero attached hydrogens (tertiary/aromatic N) is 1. The van der Waals surface area contributed by atoms with E-state index in [1.807, 2.05) is 19.1 Å². The number of para-hydroxylation sites is 1. The predicted octanol–water partition coefficient (Wildman–Crippen LogP) is 3.61. The molecule has 1 heterocycles. The molecule has 1 aromatic carbocycles. The average molecular weight is 322 g/mol. The quantitative estimate of drug-likeness (QED) is 0.858. The summed E-state index contributed by atoms with van der Waals surface area (Å²) in [5.74, 6) is 0.401. The van der Waals surface area contributed by atoms with Crippen molar-refractivity contribution in [2.24, 2.45) is 0 Å². The van der Waals surface area contributed by atoms with E-state index in [9.17, 15) is 4.79 Å². The SMILES string of the molecule is CCc1cccc(C)c1NC(=O)CSC(=S)N1CCCC1. The first-order valence-corrected chi connectivity index (χ1v) is 8.81. The molecule has 114 valence electrons. The van der Waals surface area contributed by atoms with Crippen LogP contribution in [-0.4, -0.2) is 34.0 Å². The summed E-state index contributed by atoms with van der Waals surface area (Å²) in [4.78, 5) is 14.3. The Labute approximate surface area is 136 Å². The maximum atomic E-state index is 12.1. The van der Waals surface area contributed by atoms with Gasteiger partial charge in [-0.25, -0.2) is 0 Å². The van der Waals surface area contributed by atoms with Crippen LogP contribution in [0.4, 0.5) is 5.69 Å². The Hall–Kier alpha value is -1.07. The van der Waals surface area contributed by atoms with E-state index in [-0.39, 0.29) is 5.91 Å². The maximum absolute atomic E-state index is 12.1. The van der Waals surface area contributed by atoms with Crippen LogP contribution in [0.5, 0.6) is 0 Å². The summed E-state index contributed by atoms with van der Waals surface area (Å²) in [6.07, 6.45) is 3.32. The molecule has 1 fully saturated rings. The molecule has 0 spiro atoms. The minimum Gasteiger partial charge on any atom is -0.358 e. The molecule has 0 atom stereocenters. The highest BCUT2D eigenvalue weighted by Gasteiger charge is 2.16. The second kappa shape index (κ2) is 7.80. The molecule has 1 aliphatic heterocycles. The first-order chi connectivity index (χ1) is 10.1. The van der Waals surface area contributed by atoms with Crippen LogP contribution in [-0.2, 0) is 11.2 Å². The number of anilines is 1. The first-order valence-electron chi connectivity index (χ1n) is 7.42. The van der Waals surface area contributed by atoms with Crippen LogP contribution in [0.25, 0.3) is 0 Å². The molecule has 1 aromatic rings. The van der Waals surface area contributed by atoms with Gasteiger partial charge < -0.3 is 10.2 Å². The normalized spacial score (nSPS) is 14.3. The molecule has 1 N–H and O–H groups in total. The van der Waals surface area contributed by atoms with Crippen molar-refractivity contribution in [3.63, 3.8) is 0 Å². The molecule has 1 amide bonds. The molecule has 2 rings (SSSR count). The van der Waals surface area contributed by atoms with Gasteiger partial charge in [-0.1, -0.05) is 49.1 Å². The third-order valence-corrected chi connectivity index (χ3v) is 5.22. The molecule has 0 saturated carbocycles. The molecular formula is C16H22N2OS2. The number of benzene rings is 1. The van der Waals surface area contributed by atoms with Crippen LogP contribution in [0.2, 0.25) is 0 Å². The number of thioether (sulfide) groups is 1. The zero-order valence-corrected chi connectivity index (χ0v) is 14.3. The molecule has 0 aliphatic carbocycles. The monoisotopic (exact) mass is 322 g/mol. The van der Waals surface area contributed by atoms with Crippen molar-refractivity contribution in [3.8, 4) is 0 Å². The summed E-state index contributed by atoms with van der Waals surface area (Å²) < 4.78 is 0.850. The summed E-state index contributed by atoms with van der Waals surface area (Å²) in [5, 5.41) is 3.04. The Kier molecular flexibility index (Phi) is 6.06. The molecule has 3 nitrogen and oxygen atoms in total. The minimum atomic E-state index is 0.0190. The van der Waals surface area contributed by atoms with Crippen molar-refractivity contribution >= 4 is 39.9 Å². The van der Waals surface area contributed by atoms with Gasteiger partial charge in [0.2, 0.25) is 5.91 Å². The lowest BCUT2D eigenvalue weighted by molar-refractivity contribution is -0.113. The molecule has 5 heteroatoms. The standard InChI is InChI=1S/C16H22N2OS2/c1-3-13-8-6-7-12(2)15(13)17-14(19)11-21-16(20)18-9-4-5-10-18/h6-8H,3-5,9-11H2,1-2H3,(H,17,19). The van der Waals surface area contributed by atoms with Crippen LogP contribution >= 0.6 is 24.0 Å². The summed E-state index contributed by atoms with van der Waals surface area (Å²) in [6, 6.07) is 6.11. The van der Waals surface area contributed by atoms with Gasteiger partial charge in [0.25, 0.3) is 0 Å². The van der Waals surface area contributed by atoms with Gasteiger partial charge in [0.15, 0.2) is 0 Å². The number of amides is 1. The van der Waals surface area contributed by atoms with E-state index in [0.717, 1.165) is 35.1 Å². The molecule has 1 saturated heterocycles. The van der Waals surface area contributed by atoms with Crippen molar-refractivity contribution in [1.82, 2.24) is 4.90 Å². The maximum Gasteiger partial charge on any atom is 0.234 e. The van der Waals surface area contributed by atoms with Crippen molar-refractivity contribution in [3.05, 3.63) is 29.3 Å². The molecule has 0 bridgehead atoms. The highest BCUT2D eigenvalue weighted by atomic mass is 32.2. The average Bonchev–Trinajstić information content (AvgIpc) is 3.01. The zero-order valence-electron chi connectivity index (χ0n) is 12.6. The molecule has 0 radical (unpaired) electrons. The van der Waals surface area contributed by atoms with Gasteiger partial charge in [-0.3, -0.25) is 4.79 Å². The lowest BCUT2D eigenvalue weighted by Crippen LogP contribution is -2.25. The summed E-state index contributed by atoms with van der Waals surface area (Å²) in [7, 11) is 0. The van der Waals surface area contributed by atoms with E-state index < -0.39 is 0 Å². The molecule has 0 aromatic heterocycles. The van der Waals surface area contributed by atoms with Crippen molar-refractivity contribution in [2.75, 3.05) is 24.2 Å². The third kappa shape index (κ3) is 4.45. The van der Waals surface area contributed by atoms with E-state index in [4.69, 9.17) is 12.2 Å². The fourth-order valence-corrected chi connectivity index (χ4v) is 3.55. The van der Waals surface area contributed by atoms with Gasteiger partial charge in [-0.15, -0.1) is 0 Å². The number of thiocarbonyl (C=S) groups is 1. The molecule has 21 heavy (non-hydrogen) atoms. The number of aryl methyl sites for hydroxylation is 2. The van der Waals surface area contributed by atoms with Crippen LogP contribution in [0.15, 0.2) is 18.2 Å². The van der Waals surface area contributed by atoms with Crippen molar-refractivity contribution in [2.45, 2.75) is 33.1 Å². The number of hydrogen-bond acceptors (Lipinski definition) is 3. The van der Waals surface area contributed by atoms with E-state index in [1.165, 1.54) is 30.2 Å². The van der Waals surface area contributed by atoms with Gasteiger partial charge >= 0.3 is 0 Å². The summed E-state index contributed by atoms with van der Waals surface area (Å²) in [5.41, 5.74) is 3.24. The van der Waals surface area contributed by atoms with E-state index >= 15 is 0 Å². The fourth-order valence-electron chi connectivity index (χ4n) is 2.50. The van der Waals surface area contributed by atoms with Gasteiger partial charge in [0, 0.05) is 18.8 Å². The second-order valence-corrected chi connectivity index (χ2v) is 6.87. The minimum absolute atomic E-state index is 0.0190. The lowest BCUT2D eigenvalue weighted by atomic mass is 10.1. The smallest absolute Gasteiger partial charge is 0.234 e. The predicted molar refractivity (Wildman–Crippen MR) is 95.0 cm³/mol. The Balaban J connectivity index is 1.88. The fraction of sp³-hybridized carbons (Fsp3) is 0.500. The van der Waals surface area contributed by atoms with E-state index in [1.54, 1.807) is 0 Å². The Morgan fingerprint density at radius 2 is 2.10 bits per heavy atom. The van der Waals surface area contributed by atoms with Crippen molar-refractivity contribution < 1.29 is 4.79 Å². The molecular weight excluding hydrogens is 300 g/mol. The van der Waals surface area contributed by atoms with Gasteiger partial charge in [0.05, 0.1) is 5.75 Å². The van der Waals surface area contributed by atoms with E-state index in [0.29, 0.717) is 5.75 Å². The van der Waals surface area contributed by atoms with Crippen LogP contribution in [0, 0.1) is 6.92 Å².